The van der Waals surface area contributed by atoms with Crippen LogP contribution in [-0.2, 0) is 11.2 Å². The van der Waals surface area contributed by atoms with Gasteiger partial charge in [0.2, 0.25) is 0 Å². The normalized spacial score (nSPS) is 17.7. The van der Waals surface area contributed by atoms with Crippen LogP contribution >= 0.6 is 11.3 Å². The van der Waals surface area contributed by atoms with Gasteiger partial charge in [0.05, 0.1) is 12.0 Å². The molecule has 1 aromatic rings. The van der Waals surface area contributed by atoms with Gasteiger partial charge in [-0.3, -0.25) is 0 Å². The fraction of sp³-hybridized carbons (Fsp3) is 0.571. The molecule has 21 heavy (non-hydrogen) atoms. The first kappa shape index (κ1) is 18.1. The molecule has 0 saturated carbocycles. The molecule has 0 aliphatic carbocycles. The maximum absolute atomic E-state index is 12.2. The van der Waals surface area contributed by atoms with Crippen molar-refractivity contribution in [2.45, 2.75) is 45.8 Å². The molecular formula is C14H18LiNO4S. The van der Waals surface area contributed by atoms with Gasteiger partial charge in [-0.2, -0.15) is 0 Å². The summed E-state index contributed by atoms with van der Waals surface area (Å²) in [6, 6.07) is -0.174. The Balaban J connectivity index is 0.00000220. The topological polar surface area (TPSA) is 69.7 Å². The van der Waals surface area contributed by atoms with Gasteiger partial charge in [0.25, 0.3) is 0 Å². The van der Waals surface area contributed by atoms with Gasteiger partial charge < -0.3 is 19.5 Å². The van der Waals surface area contributed by atoms with Crippen LogP contribution in [0.25, 0.3) is 0 Å². The minimum absolute atomic E-state index is 0. The monoisotopic (exact) mass is 303 g/mol. The smallest absolute Gasteiger partial charge is 0.545 e. The van der Waals surface area contributed by atoms with Gasteiger partial charge in [-0.05, 0) is 39.7 Å². The molecule has 0 N–H and O–H groups in total. The first-order chi connectivity index (χ1) is 9.20. The average molecular weight is 303 g/mol. The molecule has 1 aliphatic heterocycles. The SMILES string of the molecule is CC1c2scc(C(=O)[O-])c2CCN1C(=O)OC(C)(C)C.[Li+]. The number of carboxylic acids is 1. The minimum Gasteiger partial charge on any atom is -0.545 e. The van der Waals surface area contributed by atoms with Gasteiger partial charge in [-0.25, -0.2) is 4.79 Å². The van der Waals surface area contributed by atoms with E-state index in [1.807, 2.05) is 27.7 Å². The summed E-state index contributed by atoms with van der Waals surface area (Å²) in [6.07, 6.45) is 0.158. The van der Waals surface area contributed by atoms with E-state index in [0.29, 0.717) is 13.0 Å². The second kappa shape index (κ2) is 6.43. The Morgan fingerprint density at radius 1 is 1.43 bits per heavy atom. The number of hydrogen-bond acceptors (Lipinski definition) is 5. The molecule has 0 aromatic carbocycles. The van der Waals surface area contributed by atoms with E-state index >= 15 is 0 Å². The Bertz CT molecular complexity index is 550. The molecule has 110 valence electrons. The third-order valence-electron chi connectivity index (χ3n) is 3.22. The van der Waals surface area contributed by atoms with Crippen LogP contribution in [0.15, 0.2) is 5.38 Å². The van der Waals surface area contributed by atoms with Crippen LogP contribution in [0.2, 0.25) is 0 Å². The summed E-state index contributed by atoms with van der Waals surface area (Å²) in [7, 11) is 0. The van der Waals surface area contributed by atoms with Crippen LogP contribution < -0.4 is 24.0 Å². The molecule has 2 heterocycles. The number of carbonyl (C=O) groups is 2. The predicted molar refractivity (Wildman–Crippen MR) is 73.7 cm³/mol. The van der Waals surface area contributed by atoms with E-state index in [1.165, 1.54) is 11.3 Å². The number of amides is 1. The van der Waals surface area contributed by atoms with Crippen LogP contribution in [0, 0.1) is 0 Å². The molecule has 7 heteroatoms. The van der Waals surface area contributed by atoms with E-state index in [9.17, 15) is 14.7 Å². The third kappa shape index (κ3) is 3.82. The number of rotatable bonds is 1. The van der Waals surface area contributed by atoms with Gasteiger partial charge in [-0.15, -0.1) is 11.3 Å². The number of ether oxygens (including phenoxy) is 1. The standard InChI is InChI=1S/C14H19NO4S.Li/c1-8-11-9(10(7-20-11)12(16)17)5-6-15(8)13(18)19-14(2,3)4;/h7-8H,5-6H2,1-4H3,(H,16,17);/q;+1/p-1. The number of fused-ring (bicyclic) bond motifs is 1. The summed E-state index contributed by atoms with van der Waals surface area (Å²) in [4.78, 5) is 25.7. The Kier molecular flexibility index (Phi) is 5.54. The Morgan fingerprint density at radius 3 is 2.57 bits per heavy atom. The van der Waals surface area contributed by atoms with Crippen LogP contribution in [0.1, 0.15) is 54.5 Å². The van der Waals surface area contributed by atoms with E-state index in [2.05, 4.69) is 0 Å². The molecule has 1 aromatic heterocycles. The van der Waals surface area contributed by atoms with Crippen molar-refractivity contribution < 1.29 is 38.3 Å². The van der Waals surface area contributed by atoms with E-state index in [1.54, 1.807) is 10.3 Å². The molecule has 5 nitrogen and oxygen atoms in total. The Labute approximate surface area is 140 Å². The fourth-order valence-electron chi connectivity index (χ4n) is 2.31. The molecule has 0 saturated heterocycles. The zero-order valence-electron chi connectivity index (χ0n) is 13.1. The molecule has 0 fully saturated rings. The van der Waals surface area contributed by atoms with Crippen molar-refractivity contribution in [3.05, 3.63) is 21.4 Å². The van der Waals surface area contributed by atoms with E-state index in [4.69, 9.17) is 4.74 Å². The van der Waals surface area contributed by atoms with Crippen molar-refractivity contribution in [1.82, 2.24) is 4.90 Å². The zero-order chi connectivity index (χ0) is 15.1. The molecule has 0 spiro atoms. The summed E-state index contributed by atoms with van der Waals surface area (Å²) < 4.78 is 5.38. The van der Waals surface area contributed by atoms with Crippen molar-refractivity contribution in [2.24, 2.45) is 0 Å². The molecule has 1 amide bonds. The first-order valence-electron chi connectivity index (χ1n) is 6.52. The number of aromatic carboxylic acids is 1. The molecular weight excluding hydrogens is 285 g/mol. The van der Waals surface area contributed by atoms with E-state index in [0.717, 1.165) is 10.4 Å². The minimum atomic E-state index is -1.15. The van der Waals surface area contributed by atoms with Crippen LogP contribution in [0.3, 0.4) is 0 Å². The summed E-state index contributed by atoms with van der Waals surface area (Å²) in [6.45, 7) is 7.82. The van der Waals surface area contributed by atoms with Crippen molar-refractivity contribution in [3.63, 3.8) is 0 Å². The third-order valence-corrected chi connectivity index (χ3v) is 4.42. The summed E-state index contributed by atoms with van der Waals surface area (Å²) >= 11 is 1.36. The van der Waals surface area contributed by atoms with E-state index < -0.39 is 11.6 Å². The molecule has 0 radical (unpaired) electrons. The van der Waals surface area contributed by atoms with Crippen molar-refractivity contribution >= 4 is 23.4 Å². The van der Waals surface area contributed by atoms with Gasteiger partial charge >= 0.3 is 25.0 Å². The van der Waals surface area contributed by atoms with E-state index in [-0.39, 0.29) is 36.6 Å². The van der Waals surface area contributed by atoms with Gasteiger partial charge in [0.1, 0.15) is 5.60 Å². The zero-order valence-corrected chi connectivity index (χ0v) is 13.9. The largest absolute Gasteiger partial charge is 1.00 e. The summed E-state index contributed by atoms with van der Waals surface area (Å²) in [5, 5.41) is 12.6. The number of hydrogen-bond donors (Lipinski definition) is 0. The molecule has 0 bridgehead atoms. The second-order valence-corrected chi connectivity index (χ2v) is 6.79. The average Bonchev–Trinajstić information content (AvgIpc) is 2.71. The first-order valence-corrected chi connectivity index (χ1v) is 7.40. The maximum Gasteiger partial charge on any atom is 1.00 e. The van der Waals surface area contributed by atoms with Gasteiger partial charge in [-0.1, -0.05) is 0 Å². The van der Waals surface area contributed by atoms with Crippen molar-refractivity contribution in [3.8, 4) is 0 Å². The van der Waals surface area contributed by atoms with Crippen LogP contribution in [-0.4, -0.2) is 29.1 Å². The second-order valence-electron chi connectivity index (χ2n) is 5.88. The number of thiophene rings is 1. The Hall–Kier alpha value is -0.963. The maximum atomic E-state index is 12.2. The fourth-order valence-corrected chi connectivity index (χ4v) is 3.48. The van der Waals surface area contributed by atoms with Crippen LogP contribution in [0.5, 0.6) is 0 Å². The van der Waals surface area contributed by atoms with Gasteiger partial charge in [0.15, 0.2) is 0 Å². The van der Waals surface area contributed by atoms with Crippen LogP contribution in [0.4, 0.5) is 4.79 Å². The molecule has 1 unspecified atom stereocenters. The predicted octanol–water partition coefficient (Wildman–Crippen LogP) is -1.03. The van der Waals surface area contributed by atoms with Crippen molar-refractivity contribution in [2.75, 3.05) is 6.54 Å². The number of carboxylic acid groups (broad SMARTS) is 1. The molecule has 1 aliphatic rings. The molecule has 1 atom stereocenters. The summed E-state index contributed by atoms with van der Waals surface area (Å²) in [5.41, 5.74) is 0.505. The summed E-state index contributed by atoms with van der Waals surface area (Å²) in [5.74, 6) is -1.15. The molecule has 2 rings (SSSR count). The van der Waals surface area contributed by atoms with Crippen molar-refractivity contribution in [1.29, 1.82) is 0 Å². The number of nitrogens with zero attached hydrogens (tertiary/aromatic N) is 1. The van der Waals surface area contributed by atoms with Gasteiger partial charge in [0, 0.05) is 22.4 Å². The Morgan fingerprint density at radius 2 is 2.05 bits per heavy atom. The quantitative estimate of drug-likeness (QED) is 0.622. The number of carbonyl (C=O) groups excluding carboxylic acids is 2.